The lowest BCUT2D eigenvalue weighted by atomic mass is 9.72. The molecule has 3 aliphatic rings. The molecule has 3 amide bonds. The van der Waals surface area contributed by atoms with Gasteiger partial charge in [0.1, 0.15) is 12.1 Å². The van der Waals surface area contributed by atoms with Crippen molar-refractivity contribution in [3.05, 3.63) is 22.9 Å². The summed E-state index contributed by atoms with van der Waals surface area (Å²) in [6, 6.07) is -4.79. The Morgan fingerprint density at radius 2 is 1.91 bits per heavy atom. The highest BCUT2D eigenvalue weighted by molar-refractivity contribution is 6.30. The third-order valence-electron chi connectivity index (χ3n) is 6.60. The summed E-state index contributed by atoms with van der Waals surface area (Å²) in [6.07, 6.45) is 1.38. The Hall–Kier alpha value is -1.78. The van der Waals surface area contributed by atoms with E-state index in [4.69, 9.17) is 11.6 Å². The number of amides is 3. The van der Waals surface area contributed by atoms with Crippen LogP contribution in [0.25, 0.3) is 0 Å². The van der Waals surface area contributed by atoms with Crippen molar-refractivity contribution < 1.29 is 33.0 Å². The largest absolute Gasteiger partial charge is 0.408 e. The number of allylic oxidation sites excluding steroid dienone is 2. The quantitative estimate of drug-likeness (QED) is 0.359. The van der Waals surface area contributed by atoms with Crippen LogP contribution in [0.2, 0.25) is 0 Å². The van der Waals surface area contributed by atoms with Gasteiger partial charge in [0, 0.05) is 11.2 Å². The number of urea groups is 1. The molecule has 0 bridgehead atoms. The minimum absolute atomic E-state index is 0.327. The van der Waals surface area contributed by atoms with Crippen LogP contribution in [0.15, 0.2) is 22.9 Å². The van der Waals surface area contributed by atoms with Gasteiger partial charge in [-0.15, -0.1) is 0 Å². The summed E-state index contributed by atoms with van der Waals surface area (Å²) in [5.41, 5.74) is 0.615. The van der Waals surface area contributed by atoms with Gasteiger partial charge in [0.05, 0.1) is 12.5 Å². The Labute approximate surface area is 189 Å². The van der Waals surface area contributed by atoms with Gasteiger partial charge in [-0.25, -0.2) is 4.79 Å². The molecule has 4 N–H and O–H groups in total. The van der Waals surface area contributed by atoms with Crippen molar-refractivity contribution in [2.75, 3.05) is 6.54 Å². The molecule has 4 atom stereocenters. The molecule has 2 heterocycles. The molecule has 7 nitrogen and oxygen atoms in total. The molecule has 0 spiro atoms. The van der Waals surface area contributed by atoms with E-state index in [0.29, 0.717) is 47.7 Å². The van der Waals surface area contributed by atoms with Crippen LogP contribution in [-0.2, 0) is 4.79 Å². The first-order chi connectivity index (χ1) is 14.8. The van der Waals surface area contributed by atoms with E-state index >= 15 is 0 Å². The second kappa shape index (κ2) is 9.23. The van der Waals surface area contributed by atoms with Crippen LogP contribution in [0.3, 0.4) is 0 Å². The number of halogens is 4. The number of hydrogen-bond acceptors (Lipinski definition) is 5. The van der Waals surface area contributed by atoms with Gasteiger partial charge in [-0.3, -0.25) is 9.69 Å². The second-order valence-electron chi connectivity index (χ2n) is 9.04. The van der Waals surface area contributed by atoms with E-state index in [9.17, 15) is 33.0 Å². The number of imide groups is 1. The van der Waals surface area contributed by atoms with Crippen LogP contribution in [0.5, 0.6) is 0 Å². The highest BCUT2D eigenvalue weighted by Crippen LogP contribution is 2.42. The number of dihydropyridines is 1. The third kappa shape index (κ3) is 5.07. The Bertz CT molecular complexity index is 803. The number of alkyl halides is 3. The summed E-state index contributed by atoms with van der Waals surface area (Å²) in [7, 11) is 0. The molecule has 2 fully saturated rings. The molecular formula is C21H29ClF3N3O4. The summed E-state index contributed by atoms with van der Waals surface area (Å²) in [5, 5.41) is 25.9. The zero-order chi connectivity index (χ0) is 23.8. The van der Waals surface area contributed by atoms with Crippen LogP contribution in [0.4, 0.5) is 18.0 Å². The summed E-state index contributed by atoms with van der Waals surface area (Å²) < 4.78 is 41.1. The molecule has 1 saturated heterocycles. The highest BCUT2D eigenvalue weighted by Gasteiger charge is 2.61. The molecule has 2 aliphatic heterocycles. The lowest BCUT2D eigenvalue weighted by molar-refractivity contribution is -0.229. The molecule has 3 rings (SSSR count). The first kappa shape index (κ1) is 24.9. The third-order valence-corrected chi connectivity index (χ3v) is 6.84. The summed E-state index contributed by atoms with van der Waals surface area (Å²) >= 11 is 6.03. The summed E-state index contributed by atoms with van der Waals surface area (Å²) in [5.74, 6) is -5.63. The monoisotopic (exact) mass is 479 g/mol. The van der Waals surface area contributed by atoms with Gasteiger partial charge in [0.2, 0.25) is 5.91 Å². The maximum Gasteiger partial charge on any atom is 0.408 e. The van der Waals surface area contributed by atoms with Crippen molar-refractivity contribution in [3.63, 3.8) is 0 Å². The van der Waals surface area contributed by atoms with Crippen LogP contribution in [0.1, 0.15) is 46.0 Å². The Morgan fingerprint density at radius 3 is 2.44 bits per heavy atom. The van der Waals surface area contributed by atoms with Crippen molar-refractivity contribution in [2.45, 2.75) is 70.0 Å². The minimum Gasteiger partial charge on any atom is -0.386 e. The highest BCUT2D eigenvalue weighted by atomic mass is 35.5. The fourth-order valence-corrected chi connectivity index (χ4v) is 5.16. The van der Waals surface area contributed by atoms with E-state index in [1.807, 2.05) is 5.32 Å². The normalized spacial score (nSPS) is 27.0. The molecule has 0 aromatic rings. The lowest BCUT2D eigenvalue weighted by Crippen LogP contribution is -2.74. The average molecular weight is 480 g/mol. The van der Waals surface area contributed by atoms with Gasteiger partial charge in [0.25, 0.3) is 0 Å². The molecule has 180 valence electrons. The van der Waals surface area contributed by atoms with Crippen molar-refractivity contribution in [1.82, 2.24) is 15.5 Å². The van der Waals surface area contributed by atoms with E-state index < -0.39 is 53.7 Å². The van der Waals surface area contributed by atoms with E-state index in [2.05, 4.69) is 5.32 Å². The zero-order valence-electron chi connectivity index (χ0n) is 18.0. The number of nitrogens with zero attached hydrogens (tertiary/aromatic N) is 1. The molecule has 1 aliphatic carbocycles. The predicted octanol–water partition coefficient (Wildman–Crippen LogP) is 2.98. The van der Waals surface area contributed by atoms with Crippen molar-refractivity contribution >= 4 is 23.5 Å². The van der Waals surface area contributed by atoms with Gasteiger partial charge < -0.3 is 20.8 Å². The molecule has 0 aromatic heterocycles. The van der Waals surface area contributed by atoms with Gasteiger partial charge in [0.15, 0.2) is 5.79 Å². The zero-order valence-corrected chi connectivity index (χ0v) is 18.7. The van der Waals surface area contributed by atoms with Crippen molar-refractivity contribution in [2.24, 2.45) is 17.8 Å². The van der Waals surface area contributed by atoms with Crippen LogP contribution >= 0.6 is 11.6 Å². The number of hydrogen-bond donors (Lipinski definition) is 4. The maximum absolute atomic E-state index is 13.7. The molecule has 0 radical (unpaired) electrons. The molecule has 1 saturated carbocycles. The van der Waals surface area contributed by atoms with Gasteiger partial charge in [-0.2, -0.15) is 13.2 Å². The van der Waals surface area contributed by atoms with Crippen molar-refractivity contribution in [3.8, 4) is 0 Å². The number of nitrogens with one attached hydrogen (secondary N) is 2. The number of carbonyl (C=O) groups is 2. The Morgan fingerprint density at radius 1 is 1.28 bits per heavy atom. The molecular weight excluding hydrogens is 451 g/mol. The van der Waals surface area contributed by atoms with Crippen LogP contribution < -0.4 is 10.6 Å². The number of rotatable bonds is 5. The molecule has 32 heavy (non-hydrogen) atoms. The topological polar surface area (TPSA) is 102 Å². The number of likely N-dealkylation sites (tertiary alicyclic amines) is 1. The fraction of sp³-hybridized carbons (Fsp3) is 0.714. The standard InChI is InChI=1S/C21H29ClF3N3O4/c1-11(13-8-14(22)10-26-9-13)15-17(20(2,31)32)28(18(15)29)19(30)27-16(21(23,24)25)12-6-4-3-5-7-12/h8-9,11-12,15-17,26,31-32H,3-7,10H2,1-2H3,(H,27,30)/t11-,15+,16-,17-/m0/s1. The van der Waals surface area contributed by atoms with E-state index in [-0.39, 0.29) is 0 Å². The average Bonchev–Trinajstić information content (AvgIpc) is 2.69. The summed E-state index contributed by atoms with van der Waals surface area (Å²) in [6.45, 7) is 3.07. The first-order valence-electron chi connectivity index (χ1n) is 10.8. The SMILES string of the molecule is C[C@@H](C1=CNCC(Cl)=C1)[C@H]1C(=O)N(C(=O)N[C@@H](C2CCCCC2)C(F)(F)F)[C@@H]1C(C)(O)O. The maximum atomic E-state index is 13.7. The van der Waals surface area contributed by atoms with Crippen molar-refractivity contribution in [1.29, 1.82) is 0 Å². The van der Waals surface area contributed by atoms with Gasteiger partial charge in [-0.05, 0) is 43.3 Å². The molecule has 11 heteroatoms. The van der Waals surface area contributed by atoms with E-state index in [1.165, 1.54) is 0 Å². The predicted molar refractivity (Wildman–Crippen MR) is 111 cm³/mol. The van der Waals surface area contributed by atoms with Gasteiger partial charge in [-0.1, -0.05) is 37.8 Å². The van der Waals surface area contributed by atoms with Crippen LogP contribution in [-0.4, -0.2) is 57.6 Å². The number of carbonyl (C=O) groups excluding carboxylic acids is 2. The minimum atomic E-state index is -4.68. The Kier molecular flexibility index (Phi) is 7.17. The number of aliphatic hydroxyl groups is 2. The van der Waals surface area contributed by atoms with Crippen LogP contribution in [0, 0.1) is 17.8 Å². The number of β-lactam (4-membered cyclic amide) rings is 1. The van der Waals surface area contributed by atoms with E-state index in [0.717, 1.165) is 13.3 Å². The molecule has 0 unspecified atom stereocenters. The molecule has 0 aromatic carbocycles. The first-order valence-corrected chi connectivity index (χ1v) is 11.1. The fourth-order valence-electron chi connectivity index (χ4n) is 4.96. The van der Waals surface area contributed by atoms with E-state index in [1.54, 1.807) is 19.2 Å². The lowest BCUT2D eigenvalue weighted by Gasteiger charge is -2.52. The second-order valence-corrected chi connectivity index (χ2v) is 9.53. The van der Waals surface area contributed by atoms with Gasteiger partial charge >= 0.3 is 12.2 Å². The summed E-state index contributed by atoms with van der Waals surface area (Å²) in [4.78, 5) is 26.2. The smallest absolute Gasteiger partial charge is 0.386 e. The Balaban J connectivity index is 1.81.